The first-order chi connectivity index (χ1) is 14.1. The molecule has 2 aromatic carbocycles. The van der Waals surface area contributed by atoms with Crippen molar-refractivity contribution in [1.29, 1.82) is 0 Å². The average Bonchev–Trinajstić information content (AvgIpc) is 3.54. The van der Waals surface area contributed by atoms with Gasteiger partial charge in [0.15, 0.2) is 6.61 Å². The molecule has 0 spiro atoms. The summed E-state index contributed by atoms with van der Waals surface area (Å²) in [4.78, 5) is 35.5. The molecule has 8 heteroatoms. The normalized spacial score (nSPS) is 12.6. The third-order valence-electron chi connectivity index (χ3n) is 3.96. The van der Waals surface area contributed by atoms with E-state index in [0.29, 0.717) is 12.4 Å². The van der Waals surface area contributed by atoms with Crippen LogP contribution < -0.4 is 20.1 Å². The molecule has 1 saturated carbocycles. The van der Waals surface area contributed by atoms with Crippen LogP contribution in [0.15, 0.2) is 54.6 Å². The molecule has 0 bridgehead atoms. The fourth-order valence-corrected chi connectivity index (χ4v) is 2.41. The zero-order chi connectivity index (χ0) is 20.5. The molecule has 0 radical (unpaired) electrons. The zero-order valence-electron chi connectivity index (χ0n) is 15.8. The van der Waals surface area contributed by atoms with E-state index in [1.54, 1.807) is 18.2 Å². The number of carbonyl (C=O) groups is 3. The average molecular weight is 398 g/mol. The Morgan fingerprint density at radius 1 is 0.897 bits per heavy atom. The Labute approximate surface area is 168 Å². The zero-order valence-corrected chi connectivity index (χ0v) is 15.8. The number of para-hydroxylation sites is 2. The van der Waals surface area contributed by atoms with E-state index in [2.05, 4.69) is 10.6 Å². The van der Waals surface area contributed by atoms with Crippen LogP contribution in [0.5, 0.6) is 11.5 Å². The summed E-state index contributed by atoms with van der Waals surface area (Å²) in [5.74, 6) is -0.380. The quantitative estimate of drug-likeness (QED) is 0.496. The smallest absolute Gasteiger partial charge is 0.342 e. The Morgan fingerprint density at radius 3 is 2.34 bits per heavy atom. The number of nitrogens with one attached hydrogen (secondary N) is 2. The maximum absolute atomic E-state index is 12.3. The molecule has 1 fully saturated rings. The largest absolute Gasteiger partial charge is 0.490 e. The van der Waals surface area contributed by atoms with Gasteiger partial charge >= 0.3 is 12.0 Å². The highest BCUT2D eigenvalue weighted by molar-refractivity contribution is 5.97. The number of rotatable bonds is 9. The van der Waals surface area contributed by atoms with E-state index in [0.717, 1.165) is 18.6 Å². The van der Waals surface area contributed by atoms with Crippen molar-refractivity contribution in [3.63, 3.8) is 0 Å². The summed E-state index contributed by atoms with van der Waals surface area (Å²) in [6.07, 6.45) is 1.81. The van der Waals surface area contributed by atoms with E-state index in [1.165, 1.54) is 6.07 Å². The number of urea groups is 1. The van der Waals surface area contributed by atoms with Crippen LogP contribution in [0, 0.1) is 0 Å². The first kappa shape index (κ1) is 20.2. The number of hydrogen-bond acceptors (Lipinski definition) is 6. The van der Waals surface area contributed by atoms with Gasteiger partial charge in [-0.1, -0.05) is 30.3 Å². The van der Waals surface area contributed by atoms with E-state index >= 15 is 0 Å². The highest BCUT2D eigenvalue weighted by Gasteiger charge is 2.24. The molecule has 3 rings (SSSR count). The van der Waals surface area contributed by atoms with E-state index in [9.17, 15) is 14.4 Å². The van der Waals surface area contributed by atoms with Crippen LogP contribution in [-0.2, 0) is 9.53 Å². The Hall–Kier alpha value is -3.55. The molecule has 0 saturated heterocycles. The fraction of sp³-hybridized carbons (Fsp3) is 0.286. The van der Waals surface area contributed by atoms with Gasteiger partial charge in [0.25, 0.3) is 5.91 Å². The number of amides is 3. The van der Waals surface area contributed by atoms with Crippen LogP contribution in [0.1, 0.15) is 23.2 Å². The third kappa shape index (κ3) is 6.84. The minimum atomic E-state index is -0.720. The van der Waals surface area contributed by atoms with Gasteiger partial charge < -0.3 is 19.5 Å². The van der Waals surface area contributed by atoms with Gasteiger partial charge in [-0.3, -0.25) is 10.1 Å². The van der Waals surface area contributed by atoms with E-state index < -0.39 is 24.5 Å². The predicted molar refractivity (Wildman–Crippen MR) is 104 cm³/mol. The molecule has 152 valence electrons. The second-order valence-corrected chi connectivity index (χ2v) is 6.38. The molecule has 2 aromatic rings. The lowest BCUT2D eigenvalue weighted by atomic mass is 10.2. The number of hydrogen-bond donors (Lipinski definition) is 2. The molecule has 1 aliphatic carbocycles. The van der Waals surface area contributed by atoms with Crippen LogP contribution in [0.3, 0.4) is 0 Å². The lowest BCUT2D eigenvalue weighted by molar-refractivity contribution is -0.123. The van der Waals surface area contributed by atoms with Gasteiger partial charge in [0, 0.05) is 6.04 Å². The molecule has 3 amide bonds. The van der Waals surface area contributed by atoms with Crippen LogP contribution in [0.25, 0.3) is 0 Å². The number of esters is 1. The van der Waals surface area contributed by atoms with Gasteiger partial charge in [0.1, 0.15) is 30.3 Å². The van der Waals surface area contributed by atoms with Crippen molar-refractivity contribution in [2.75, 3.05) is 19.8 Å². The van der Waals surface area contributed by atoms with Crippen LogP contribution in [0.4, 0.5) is 4.79 Å². The minimum Gasteiger partial charge on any atom is -0.490 e. The topological polar surface area (TPSA) is 103 Å². The number of benzene rings is 2. The highest BCUT2D eigenvalue weighted by atomic mass is 16.5. The summed E-state index contributed by atoms with van der Waals surface area (Å²) in [6, 6.07) is 15.4. The van der Waals surface area contributed by atoms with Crippen molar-refractivity contribution >= 4 is 17.9 Å². The predicted octanol–water partition coefficient (Wildman–Crippen LogP) is 2.29. The van der Waals surface area contributed by atoms with Crippen molar-refractivity contribution in [2.24, 2.45) is 0 Å². The molecule has 0 unspecified atom stereocenters. The van der Waals surface area contributed by atoms with E-state index in [1.807, 2.05) is 30.3 Å². The summed E-state index contributed by atoms with van der Waals surface area (Å²) in [6.45, 7) is -0.0463. The monoisotopic (exact) mass is 398 g/mol. The molecule has 2 N–H and O–H groups in total. The second-order valence-electron chi connectivity index (χ2n) is 6.38. The van der Waals surface area contributed by atoms with Gasteiger partial charge in [-0.15, -0.1) is 0 Å². The molecule has 0 atom stereocenters. The van der Waals surface area contributed by atoms with Gasteiger partial charge in [0.05, 0.1) is 0 Å². The fourth-order valence-electron chi connectivity index (χ4n) is 2.41. The molecular weight excluding hydrogens is 376 g/mol. The molecule has 0 heterocycles. The SMILES string of the molecule is O=C(COC(=O)c1ccccc1OCCOc1ccccc1)NC(=O)NC1CC1. The maximum atomic E-state index is 12.3. The lowest BCUT2D eigenvalue weighted by Crippen LogP contribution is -2.42. The molecule has 1 aliphatic rings. The summed E-state index contributed by atoms with van der Waals surface area (Å²) in [5, 5.41) is 4.73. The summed E-state index contributed by atoms with van der Waals surface area (Å²) in [5.41, 5.74) is 0.183. The standard InChI is InChI=1S/C21H22N2O6/c24-19(23-21(26)22-15-10-11-15)14-29-20(25)17-8-4-5-9-18(17)28-13-12-27-16-6-2-1-3-7-16/h1-9,15H,10-14H2,(H2,22,23,24,26). The van der Waals surface area contributed by atoms with Crippen molar-refractivity contribution in [3.8, 4) is 11.5 Å². The van der Waals surface area contributed by atoms with Gasteiger partial charge in [-0.05, 0) is 37.1 Å². The Kier molecular flexibility index (Phi) is 7.05. The summed E-state index contributed by atoms with van der Waals surface area (Å²) < 4.78 is 16.1. The van der Waals surface area contributed by atoms with Crippen LogP contribution >= 0.6 is 0 Å². The van der Waals surface area contributed by atoms with Crippen molar-refractivity contribution in [3.05, 3.63) is 60.2 Å². The van der Waals surface area contributed by atoms with E-state index in [4.69, 9.17) is 14.2 Å². The number of imide groups is 1. The Bertz CT molecular complexity index is 851. The van der Waals surface area contributed by atoms with E-state index in [-0.39, 0.29) is 18.2 Å². The summed E-state index contributed by atoms with van der Waals surface area (Å²) >= 11 is 0. The van der Waals surface area contributed by atoms with Gasteiger partial charge in [-0.2, -0.15) is 0 Å². The Balaban J connectivity index is 1.43. The first-order valence-electron chi connectivity index (χ1n) is 9.29. The molecule has 8 nitrogen and oxygen atoms in total. The third-order valence-corrected chi connectivity index (χ3v) is 3.96. The molecule has 0 aliphatic heterocycles. The minimum absolute atomic E-state index is 0.125. The first-order valence-corrected chi connectivity index (χ1v) is 9.29. The van der Waals surface area contributed by atoms with Crippen LogP contribution in [0.2, 0.25) is 0 Å². The number of carbonyl (C=O) groups excluding carboxylic acids is 3. The van der Waals surface area contributed by atoms with Gasteiger partial charge in [-0.25, -0.2) is 9.59 Å². The maximum Gasteiger partial charge on any atom is 0.342 e. The molecule has 0 aromatic heterocycles. The van der Waals surface area contributed by atoms with Gasteiger partial charge in [0.2, 0.25) is 0 Å². The van der Waals surface area contributed by atoms with Crippen molar-refractivity contribution in [2.45, 2.75) is 18.9 Å². The Morgan fingerprint density at radius 2 is 1.59 bits per heavy atom. The van der Waals surface area contributed by atoms with Crippen LogP contribution in [-0.4, -0.2) is 43.8 Å². The summed E-state index contributed by atoms with van der Waals surface area (Å²) in [7, 11) is 0. The highest BCUT2D eigenvalue weighted by Crippen LogP contribution is 2.19. The molecule has 29 heavy (non-hydrogen) atoms. The number of ether oxygens (including phenoxy) is 3. The lowest BCUT2D eigenvalue weighted by Gasteiger charge is -2.12. The van der Waals surface area contributed by atoms with Crippen molar-refractivity contribution < 1.29 is 28.6 Å². The van der Waals surface area contributed by atoms with Crippen molar-refractivity contribution in [1.82, 2.24) is 10.6 Å². The molecular formula is C21H22N2O6. The second kappa shape index (κ2) is 10.1.